The van der Waals surface area contributed by atoms with Crippen LogP contribution in [0.1, 0.15) is 52.0 Å². The number of hydrogen-bond acceptors (Lipinski definition) is 9. The van der Waals surface area contributed by atoms with Crippen LogP contribution in [0.3, 0.4) is 0 Å². The van der Waals surface area contributed by atoms with E-state index in [1.165, 1.54) is 33.3 Å². The lowest BCUT2D eigenvalue weighted by atomic mass is 9.47. The predicted molar refractivity (Wildman–Crippen MR) is 132 cm³/mol. The van der Waals surface area contributed by atoms with Crippen molar-refractivity contribution in [2.45, 2.75) is 64.8 Å². The molecular weight excluding hydrogens is 492 g/mol. The smallest absolute Gasteiger partial charge is 0.315 e. The van der Waals surface area contributed by atoms with Crippen LogP contribution >= 0.6 is 0 Å². The number of ether oxygens (including phenoxy) is 4. The average molecular weight is 527 g/mol. The van der Waals surface area contributed by atoms with Gasteiger partial charge in [0.2, 0.25) is 0 Å². The van der Waals surface area contributed by atoms with Gasteiger partial charge in [0.1, 0.15) is 12.2 Å². The number of fused-ring (bicyclic) bond motifs is 4. The standard InChI is InChI=1S/C29H34O9/c1-14-17(16-8-10-36-13-16)11-20-23(14)29(4)18(12-21(32)34-5)22-19(31)7-9-28(3,27(33)35-6)24(22)25(26(29)38-20)37-15(2)30/h7-10,13,17-18,20,22,24-26H,11-12H2,1-6H3. The third-order valence-electron chi connectivity index (χ3n) is 9.55. The number of hydrogen-bond donors (Lipinski definition) is 0. The number of allylic oxidation sites excluding steroid dienone is 2. The SMILES string of the molecule is COC(=O)CC1C2C(=O)C=CC(C)(C(=O)OC)C2C(OC(C)=O)C2OC3CC(c4ccoc4)C(C)=C3C12C. The molecule has 1 saturated carbocycles. The van der Waals surface area contributed by atoms with Crippen LogP contribution in [0.5, 0.6) is 0 Å². The first kappa shape index (κ1) is 26.4. The molecule has 9 atom stereocenters. The molecule has 9 heteroatoms. The summed E-state index contributed by atoms with van der Waals surface area (Å²) in [5.41, 5.74) is 0.997. The average Bonchev–Trinajstić information content (AvgIpc) is 3.59. The number of ketones is 1. The van der Waals surface area contributed by atoms with Crippen molar-refractivity contribution in [1.82, 2.24) is 0 Å². The molecule has 1 aromatic heterocycles. The molecule has 3 aliphatic carbocycles. The summed E-state index contributed by atoms with van der Waals surface area (Å²) in [7, 11) is 2.60. The summed E-state index contributed by atoms with van der Waals surface area (Å²) in [6.07, 6.45) is 4.96. The van der Waals surface area contributed by atoms with E-state index in [0.29, 0.717) is 6.42 Å². The van der Waals surface area contributed by atoms with Gasteiger partial charge >= 0.3 is 17.9 Å². The Bertz CT molecular complexity index is 1230. The second-order valence-corrected chi connectivity index (χ2v) is 11.3. The summed E-state index contributed by atoms with van der Waals surface area (Å²) < 4.78 is 28.3. The van der Waals surface area contributed by atoms with Gasteiger partial charge in [-0.2, -0.15) is 0 Å². The zero-order chi connectivity index (χ0) is 27.6. The van der Waals surface area contributed by atoms with Crippen LogP contribution in [0.15, 0.2) is 46.3 Å². The van der Waals surface area contributed by atoms with E-state index in [4.69, 9.17) is 23.4 Å². The fraction of sp³-hybridized carbons (Fsp3) is 0.586. The predicted octanol–water partition coefficient (Wildman–Crippen LogP) is 3.53. The topological polar surface area (TPSA) is 118 Å². The molecule has 0 amide bonds. The van der Waals surface area contributed by atoms with Gasteiger partial charge in [-0.1, -0.05) is 18.6 Å². The molecule has 9 nitrogen and oxygen atoms in total. The van der Waals surface area contributed by atoms with E-state index in [1.807, 2.05) is 19.9 Å². The largest absolute Gasteiger partial charge is 0.472 e. The monoisotopic (exact) mass is 526 g/mol. The molecule has 1 saturated heterocycles. The Labute approximate surface area is 221 Å². The zero-order valence-electron chi connectivity index (χ0n) is 22.5. The number of carbonyl (C=O) groups is 4. The summed E-state index contributed by atoms with van der Waals surface area (Å²) in [6, 6.07) is 1.93. The second-order valence-electron chi connectivity index (χ2n) is 11.3. The lowest BCUT2D eigenvalue weighted by Gasteiger charge is -2.57. The van der Waals surface area contributed by atoms with E-state index in [-0.39, 0.29) is 24.2 Å². The van der Waals surface area contributed by atoms with Gasteiger partial charge in [-0.05, 0) is 49.5 Å². The lowest BCUT2D eigenvalue weighted by Crippen LogP contribution is -2.65. The second kappa shape index (κ2) is 9.22. The first-order chi connectivity index (χ1) is 18.0. The number of rotatable bonds is 5. The minimum Gasteiger partial charge on any atom is -0.472 e. The molecule has 38 heavy (non-hydrogen) atoms. The Balaban J connectivity index is 1.73. The molecule has 0 radical (unpaired) electrons. The third kappa shape index (κ3) is 3.61. The highest BCUT2D eigenvalue weighted by molar-refractivity contribution is 5.97. The summed E-state index contributed by atoms with van der Waals surface area (Å²) in [5.74, 6) is -3.92. The Morgan fingerprint density at radius 1 is 1.16 bits per heavy atom. The van der Waals surface area contributed by atoms with Gasteiger partial charge < -0.3 is 23.4 Å². The fourth-order valence-corrected chi connectivity index (χ4v) is 7.94. The maximum atomic E-state index is 13.7. The quantitative estimate of drug-likeness (QED) is 0.322. The fourth-order valence-electron chi connectivity index (χ4n) is 7.94. The highest BCUT2D eigenvalue weighted by Crippen LogP contribution is 2.66. The van der Waals surface area contributed by atoms with Crippen LogP contribution in [0, 0.1) is 28.6 Å². The van der Waals surface area contributed by atoms with Gasteiger partial charge in [0.15, 0.2) is 5.78 Å². The van der Waals surface area contributed by atoms with E-state index >= 15 is 0 Å². The summed E-state index contributed by atoms with van der Waals surface area (Å²) in [5, 5.41) is 0. The minimum absolute atomic E-state index is 0.0532. The first-order valence-electron chi connectivity index (χ1n) is 12.9. The molecule has 4 aliphatic rings. The van der Waals surface area contributed by atoms with Crippen molar-refractivity contribution < 1.29 is 42.5 Å². The minimum atomic E-state index is -1.28. The normalized spacial score (nSPS) is 39.3. The van der Waals surface area contributed by atoms with Crippen LogP contribution in [0.25, 0.3) is 0 Å². The maximum absolute atomic E-state index is 13.7. The molecule has 204 valence electrons. The van der Waals surface area contributed by atoms with Gasteiger partial charge in [-0.25, -0.2) is 0 Å². The number of methoxy groups -OCH3 is 2. The molecule has 0 bridgehead atoms. The summed E-state index contributed by atoms with van der Waals surface area (Å²) in [6.45, 7) is 7.03. The van der Waals surface area contributed by atoms with Crippen LogP contribution in [0.2, 0.25) is 0 Å². The van der Waals surface area contributed by atoms with Crippen LogP contribution < -0.4 is 0 Å². The van der Waals surface area contributed by atoms with Gasteiger partial charge in [0.25, 0.3) is 0 Å². The molecule has 9 unspecified atom stereocenters. The summed E-state index contributed by atoms with van der Waals surface area (Å²) >= 11 is 0. The number of esters is 3. The molecule has 5 rings (SSSR count). The number of carbonyl (C=O) groups excluding carboxylic acids is 4. The maximum Gasteiger partial charge on any atom is 0.315 e. The molecule has 1 aliphatic heterocycles. The van der Waals surface area contributed by atoms with Crippen molar-refractivity contribution in [1.29, 1.82) is 0 Å². The zero-order valence-corrected chi connectivity index (χ0v) is 22.5. The first-order valence-corrected chi connectivity index (χ1v) is 12.9. The Hall–Kier alpha value is -3.20. The molecule has 0 N–H and O–H groups in total. The van der Waals surface area contributed by atoms with E-state index in [9.17, 15) is 19.2 Å². The van der Waals surface area contributed by atoms with Crippen LogP contribution in [-0.2, 0) is 38.1 Å². The van der Waals surface area contributed by atoms with Crippen molar-refractivity contribution >= 4 is 23.7 Å². The van der Waals surface area contributed by atoms with Crippen molar-refractivity contribution in [3.05, 3.63) is 47.5 Å². The van der Waals surface area contributed by atoms with Crippen molar-refractivity contribution in [2.75, 3.05) is 14.2 Å². The van der Waals surface area contributed by atoms with Gasteiger partial charge in [-0.3, -0.25) is 19.2 Å². The van der Waals surface area contributed by atoms with Crippen molar-refractivity contribution in [3.63, 3.8) is 0 Å². The molecule has 2 heterocycles. The Morgan fingerprint density at radius 2 is 1.89 bits per heavy atom. The van der Waals surface area contributed by atoms with Crippen molar-refractivity contribution in [2.24, 2.45) is 28.6 Å². The van der Waals surface area contributed by atoms with Crippen LogP contribution in [-0.4, -0.2) is 56.2 Å². The van der Waals surface area contributed by atoms with E-state index in [0.717, 1.165) is 16.7 Å². The van der Waals surface area contributed by atoms with E-state index < -0.39 is 58.7 Å². The third-order valence-corrected chi connectivity index (χ3v) is 9.55. The molecule has 0 spiro atoms. The number of furan rings is 1. The van der Waals surface area contributed by atoms with Crippen molar-refractivity contribution in [3.8, 4) is 0 Å². The van der Waals surface area contributed by atoms with Gasteiger partial charge in [-0.15, -0.1) is 0 Å². The molecule has 0 aromatic carbocycles. The van der Waals surface area contributed by atoms with Gasteiger partial charge in [0.05, 0.1) is 38.3 Å². The highest BCUT2D eigenvalue weighted by Gasteiger charge is 2.71. The van der Waals surface area contributed by atoms with Gasteiger partial charge in [0, 0.05) is 36.5 Å². The lowest BCUT2D eigenvalue weighted by molar-refractivity contribution is -0.208. The Kier molecular flexibility index (Phi) is 6.41. The highest BCUT2D eigenvalue weighted by atomic mass is 16.6. The Morgan fingerprint density at radius 3 is 2.50 bits per heavy atom. The summed E-state index contributed by atoms with van der Waals surface area (Å²) in [4.78, 5) is 52.2. The van der Waals surface area contributed by atoms with E-state index in [1.54, 1.807) is 19.5 Å². The van der Waals surface area contributed by atoms with Crippen LogP contribution in [0.4, 0.5) is 0 Å². The molecule has 1 aromatic rings. The molecule has 2 fully saturated rings. The van der Waals surface area contributed by atoms with E-state index in [2.05, 4.69) is 0 Å². The molecular formula is C29H34O9.